The van der Waals surface area contributed by atoms with Crippen molar-refractivity contribution in [3.05, 3.63) is 23.8 Å². The van der Waals surface area contributed by atoms with Gasteiger partial charge in [0, 0.05) is 18.4 Å². The van der Waals surface area contributed by atoms with Gasteiger partial charge in [-0.05, 0) is 18.1 Å². The Kier molecular flexibility index (Phi) is 2.53. The normalized spacial score (nSPS) is 10.6. The first kappa shape index (κ1) is 8.84. The van der Waals surface area contributed by atoms with E-state index in [0.717, 1.165) is 6.54 Å². The number of hydrogen-bond acceptors (Lipinski definition) is 2. The SMILES string of the molecule is CC(C)Cn1cc(N)ccc1=N. The maximum atomic E-state index is 7.57. The second kappa shape index (κ2) is 3.43. The highest BCUT2D eigenvalue weighted by Crippen LogP contribution is 1.99. The predicted molar refractivity (Wildman–Crippen MR) is 49.5 cm³/mol. The molecule has 1 heterocycles. The van der Waals surface area contributed by atoms with E-state index in [1.54, 1.807) is 12.1 Å². The van der Waals surface area contributed by atoms with Crippen LogP contribution in [-0.4, -0.2) is 4.57 Å². The maximum absolute atomic E-state index is 7.57. The van der Waals surface area contributed by atoms with E-state index in [0.29, 0.717) is 17.1 Å². The van der Waals surface area contributed by atoms with Crippen molar-refractivity contribution in [3.63, 3.8) is 0 Å². The molecule has 0 saturated heterocycles. The summed E-state index contributed by atoms with van der Waals surface area (Å²) in [5, 5.41) is 7.57. The molecular weight excluding hydrogens is 150 g/mol. The molecule has 0 aliphatic carbocycles. The molecule has 0 spiro atoms. The summed E-state index contributed by atoms with van der Waals surface area (Å²) in [6.45, 7) is 5.09. The second-order valence-electron chi connectivity index (χ2n) is 3.39. The standard InChI is InChI=1S/C9H15N3/c1-7(2)5-12-6-8(10)3-4-9(12)11/h3-4,6-7,11H,5,10H2,1-2H3. The van der Waals surface area contributed by atoms with Gasteiger partial charge in [-0.3, -0.25) is 5.41 Å². The van der Waals surface area contributed by atoms with Gasteiger partial charge < -0.3 is 10.3 Å². The lowest BCUT2D eigenvalue weighted by Gasteiger charge is -2.09. The van der Waals surface area contributed by atoms with E-state index >= 15 is 0 Å². The minimum Gasteiger partial charge on any atom is -0.398 e. The molecule has 0 aromatic carbocycles. The third-order valence-electron chi connectivity index (χ3n) is 1.61. The molecule has 0 atom stereocenters. The zero-order valence-electron chi connectivity index (χ0n) is 7.54. The van der Waals surface area contributed by atoms with Crippen LogP contribution in [0.2, 0.25) is 0 Å². The molecule has 1 rings (SSSR count). The van der Waals surface area contributed by atoms with Gasteiger partial charge in [0.15, 0.2) is 0 Å². The van der Waals surface area contributed by atoms with Crippen molar-refractivity contribution in [2.75, 3.05) is 5.73 Å². The van der Waals surface area contributed by atoms with Crippen LogP contribution in [0, 0.1) is 11.3 Å². The fraction of sp³-hybridized carbons (Fsp3) is 0.444. The van der Waals surface area contributed by atoms with Crippen molar-refractivity contribution < 1.29 is 0 Å². The number of nitrogens with one attached hydrogen (secondary N) is 1. The fourth-order valence-corrected chi connectivity index (χ4v) is 1.11. The van der Waals surface area contributed by atoms with Crippen LogP contribution in [0.4, 0.5) is 5.69 Å². The van der Waals surface area contributed by atoms with Crippen molar-refractivity contribution >= 4 is 5.69 Å². The Balaban J connectivity index is 2.98. The molecule has 12 heavy (non-hydrogen) atoms. The third-order valence-corrected chi connectivity index (χ3v) is 1.61. The summed E-state index contributed by atoms with van der Waals surface area (Å²) in [4.78, 5) is 0. The Hall–Kier alpha value is -1.25. The zero-order valence-corrected chi connectivity index (χ0v) is 7.54. The number of pyridine rings is 1. The molecule has 3 nitrogen and oxygen atoms in total. The highest BCUT2D eigenvalue weighted by atomic mass is 15.0. The summed E-state index contributed by atoms with van der Waals surface area (Å²) >= 11 is 0. The molecule has 1 aromatic heterocycles. The molecule has 0 fully saturated rings. The van der Waals surface area contributed by atoms with E-state index in [1.165, 1.54) is 0 Å². The molecule has 0 saturated carbocycles. The van der Waals surface area contributed by atoms with E-state index < -0.39 is 0 Å². The molecule has 0 amide bonds. The first-order valence-corrected chi connectivity index (χ1v) is 4.10. The molecule has 0 radical (unpaired) electrons. The van der Waals surface area contributed by atoms with Gasteiger partial charge in [-0.2, -0.15) is 0 Å². The van der Waals surface area contributed by atoms with E-state index in [1.807, 2.05) is 10.8 Å². The quantitative estimate of drug-likeness (QED) is 0.680. The van der Waals surface area contributed by atoms with Crippen LogP contribution in [0.3, 0.4) is 0 Å². The van der Waals surface area contributed by atoms with Crippen molar-refractivity contribution in [3.8, 4) is 0 Å². The Labute approximate surface area is 72.3 Å². The van der Waals surface area contributed by atoms with Crippen LogP contribution in [0.25, 0.3) is 0 Å². The first-order valence-electron chi connectivity index (χ1n) is 4.10. The summed E-state index contributed by atoms with van der Waals surface area (Å²) in [7, 11) is 0. The largest absolute Gasteiger partial charge is 0.398 e. The van der Waals surface area contributed by atoms with Crippen molar-refractivity contribution in [2.24, 2.45) is 5.92 Å². The molecule has 66 valence electrons. The summed E-state index contributed by atoms with van der Waals surface area (Å²) < 4.78 is 1.86. The minimum absolute atomic E-state index is 0.512. The average Bonchev–Trinajstić information content (AvgIpc) is 1.96. The number of nitrogens with two attached hydrogens (primary N) is 1. The van der Waals surface area contributed by atoms with Gasteiger partial charge in [0.05, 0.1) is 0 Å². The van der Waals surface area contributed by atoms with Crippen molar-refractivity contribution in [2.45, 2.75) is 20.4 Å². The number of rotatable bonds is 2. The van der Waals surface area contributed by atoms with Crippen LogP contribution in [0.1, 0.15) is 13.8 Å². The first-order chi connectivity index (χ1) is 5.59. The number of anilines is 1. The van der Waals surface area contributed by atoms with E-state index in [2.05, 4.69) is 13.8 Å². The summed E-state index contributed by atoms with van der Waals surface area (Å²) in [6, 6.07) is 3.47. The fourth-order valence-electron chi connectivity index (χ4n) is 1.11. The molecule has 3 N–H and O–H groups in total. The molecule has 0 aliphatic heterocycles. The number of hydrogen-bond donors (Lipinski definition) is 2. The predicted octanol–water partition coefficient (Wildman–Crippen LogP) is 1.21. The van der Waals surface area contributed by atoms with Gasteiger partial charge in [0.2, 0.25) is 0 Å². The van der Waals surface area contributed by atoms with E-state index in [9.17, 15) is 0 Å². The number of nitrogen functional groups attached to an aromatic ring is 1. The van der Waals surface area contributed by atoms with E-state index in [4.69, 9.17) is 11.1 Å². The maximum Gasteiger partial charge on any atom is 0.124 e. The average molecular weight is 165 g/mol. The minimum atomic E-state index is 0.512. The highest BCUT2D eigenvalue weighted by Gasteiger charge is 1.96. The lowest BCUT2D eigenvalue weighted by molar-refractivity contribution is 0.505. The van der Waals surface area contributed by atoms with Crippen LogP contribution in [-0.2, 0) is 6.54 Å². The Bertz CT molecular complexity index is 312. The van der Waals surface area contributed by atoms with Gasteiger partial charge in [0.25, 0.3) is 0 Å². The molecule has 0 unspecified atom stereocenters. The Morgan fingerprint density at radius 2 is 2.17 bits per heavy atom. The van der Waals surface area contributed by atoms with Crippen molar-refractivity contribution in [1.82, 2.24) is 4.57 Å². The molecule has 1 aromatic rings. The topological polar surface area (TPSA) is 54.8 Å². The van der Waals surface area contributed by atoms with Crippen LogP contribution in [0.5, 0.6) is 0 Å². The van der Waals surface area contributed by atoms with Gasteiger partial charge in [-0.25, -0.2) is 0 Å². The monoisotopic (exact) mass is 165 g/mol. The van der Waals surface area contributed by atoms with Gasteiger partial charge in [-0.1, -0.05) is 13.8 Å². The summed E-state index contributed by atoms with van der Waals surface area (Å²) in [5.41, 5.74) is 6.83. The molecular formula is C9H15N3. The van der Waals surface area contributed by atoms with Crippen LogP contribution < -0.4 is 11.2 Å². The van der Waals surface area contributed by atoms with Crippen molar-refractivity contribution in [1.29, 1.82) is 5.41 Å². The number of aromatic nitrogens is 1. The van der Waals surface area contributed by atoms with Gasteiger partial charge >= 0.3 is 0 Å². The van der Waals surface area contributed by atoms with E-state index in [-0.39, 0.29) is 0 Å². The summed E-state index contributed by atoms with van der Waals surface area (Å²) in [6.07, 6.45) is 1.81. The molecule has 0 bridgehead atoms. The van der Waals surface area contributed by atoms with Crippen LogP contribution in [0.15, 0.2) is 18.3 Å². The number of nitrogens with zero attached hydrogens (tertiary/aromatic N) is 1. The smallest absolute Gasteiger partial charge is 0.124 e. The Morgan fingerprint density at radius 1 is 1.50 bits per heavy atom. The lowest BCUT2D eigenvalue weighted by Crippen LogP contribution is -2.21. The highest BCUT2D eigenvalue weighted by molar-refractivity contribution is 5.33. The molecule has 0 aliphatic rings. The van der Waals surface area contributed by atoms with Gasteiger partial charge in [0.1, 0.15) is 5.49 Å². The van der Waals surface area contributed by atoms with Gasteiger partial charge in [-0.15, -0.1) is 0 Å². The zero-order chi connectivity index (χ0) is 9.14. The third kappa shape index (κ3) is 2.12. The Morgan fingerprint density at radius 3 is 2.75 bits per heavy atom. The lowest BCUT2D eigenvalue weighted by atomic mass is 10.2. The van der Waals surface area contributed by atoms with Crippen LogP contribution >= 0.6 is 0 Å². The summed E-state index contributed by atoms with van der Waals surface area (Å²) in [5.74, 6) is 0.542. The second-order valence-corrected chi connectivity index (χ2v) is 3.39. The molecule has 3 heteroatoms.